The SMILES string of the molecule is COCCOCOc1ccc([C@@H]2C[C@H]2NC(=O)OC(C)(C)C)cc1. The normalized spacial score (nSPS) is 19.7. The third-order valence-corrected chi connectivity index (χ3v) is 3.54. The molecule has 0 heterocycles. The molecule has 1 aromatic carbocycles. The molecule has 0 aliphatic heterocycles. The van der Waals surface area contributed by atoms with Gasteiger partial charge in [-0.15, -0.1) is 0 Å². The highest BCUT2D eigenvalue weighted by atomic mass is 16.7. The fourth-order valence-electron chi connectivity index (χ4n) is 2.30. The van der Waals surface area contributed by atoms with Crippen LogP contribution < -0.4 is 10.1 Å². The van der Waals surface area contributed by atoms with Crippen LogP contribution >= 0.6 is 0 Å². The number of carbonyl (C=O) groups is 1. The zero-order valence-corrected chi connectivity index (χ0v) is 14.8. The third kappa shape index (κ3) is 6.37. The van der Waals surface area contributed by atoms with E-state index in [0.29, 0.717) is 19.1 Å². The van der Waals surface area contributed by atoms with Crippen molar-refractivity contribution in [1.29, 1.82) is 0 Å². The Labute approximate surface area is 143 Å². The van der Waals surface area contributed by atoms with Gasteiger partial charge >= 0.3 is 6.09 Å². The van der Waals surface area contributed by atoms with Gasteiger partial charge in [0.2, 0.25) is 0 Å². The Hall–Kier alpha value is -1.79. The van der Waals surface area contributed by atoms with Crippen LogP contribution in [0.25, 0.3) is 0 Å². The smallest absolute Gasteiger partial charge is 0.407 e. The van der Waals surface area contributed by atoms with Gasteiger partial charge in [0.05, 0.1) is 13.2 Å². The number of hydrogen-bond donors (Lipinski definition) is 1. The molecule has 0 unspecified atom stereocenters. The quantitative estimate of drug-likeness (QED) is 0.583. The summed E-state index contributed by atoms with van der Waals surface area (Å²) in [4.78, 5) is 11.8. The molecule has 1 aliphatic rings. The topological polar surface area (TPSA) is 66.0 Å². The summed E-state index contributed by atoms with van der Waals surface area (Å²) in [7, 11) is 1.63. The van der Waals surface area contributed by atoms with Crippen molar-refractivity contribution in [3.63, 3.8) is 0 Å². The van der Waals surface area contributed by atoms with Gasteiger partial charge in [0.25, 0.3) is 0 Å². The molecule has 0 aromatic heterocycles. The minimum Gasteiger partial charge on any atom is -0.468 e. The predicted octanol–water partition coefficient (Wildman–Crippen LogP) is 3.07. The lowest BCUT2D eigenvalue weighted by Crippen LogP contribution is -2.34. The molecule has 1 aliphatic carbocycles. The van der Waals surface area contributed by atoms with Crippen molar-refractivity contribution in [3.05, 3.63) is 29.8 Å². The Morgan fingerprint density at radius 3 is 2.54 bits per heavy atom. The average molecular weight is 337 g/mol. The molecular weight excluding hydrogens is 310 g/mol. The van der Waals surface area contributed by atoms with Crippen LogP contribution in [0.15, 0.2) is 24.3 Å². The van der Waals surface area contributed by atoms with Gasteiger partial charge < -0.3 is 24.3 Å². The van der Waals surface area contributed by atoms with Gasteiger partial charge in [0.15, 0.2) is 6.79 Å². The van der Waals surface area contributed by atoms with Gasteiger partial charge in [0, 0.05) is 19.1 Å². The molecule has 1 fully saturated rings. The van der Waals surface area contributed by atoms with Crippen molar-refractivity contribution in [2.24, 2.45) is 0 Å². The summed E-state index contributed by atoms with van der Waals surface area (Å²) in [5, 5.41) is 2.90. The molecule has 6 heteroatoms. The summed E-state index contributed by atoms with van der Waals surface area (Å²) < 4.78 is 20.9. The molecule has 6 nitrogen and oxygen atoms in total. The maximum Gasteiger partial charge on any atom is 0.407 e. The zero-order valence-electron chi connectivity index (χ0n) is 14.8. The number of methoxy groups -OCH3 is 1. The van der Waals surface area contributed by atoms with Gasteiger partial charge in [-0.05, 0) is 44.9 Å². The van der Waals surface area contributed by atoms with Gasteiger partial charge in [-0.25, -0.2) is 4.79 Å². The molecule has 0 bridgehead atoms. The highest BCUT2D eigenvalue weighted by Gasteiger charge is 2.40. The van der Waals surface area contributed by atoms with E-state index >= 15 is 0 Å². The van der Waals surface area contributed by atoms with Crippen LogP contribution in [-0.2, 0) is 14.2 Å². The second-order valence-electron chi connectivity index (χ2n) is 6.83. The first-order valence-corrected chi connectivity index (χ1v) is 8.18. The largest absolute Gasteiger partial charge is 0.468 e. The lowest BCUT2D eigenvalue weighted by molar-refractivity contribution is -0.00847. The van der Waals surface area contributed by atoms with E-state index in [0.717, 1.165) is 12.2 Å². The van der Waals surface area contributed by atoms with E-state index in [9.17, 15) is 4.79 Å². The van der Waals surface area contributed by atoms with Crippen molar-refractivity contribution >= 4 is 6.09 Å². The van der Waals surface area contributed by atoms with Crippen LogP contribution in [-0.4, -0.2) is 44.9 Å². The number of amides is 1. The fourth-order valence-corrected chi connectivity index (χ4v) is 2.30. The Morgan fingerprint density at radius 1 is 1.21 bits per heavy atom. The highest BCUT2D eigenvalue weighted by molar-refractivity contribution is 5.69. The summed E-state index contributed by atoms with van der Waals surface area (Å²) >= 11 is 0. The second-order valence-corrected chi connectivity index (χ2v) is 6.83. The van der Waals surface area contributed by atoms with Crippen LogP contribution in [0, 0.1) is 0 Å². The molecule has 2 rings (SSSR count). The molecule has 1 saturated carbocycles. The maximum absolute atomic E-state index is 11.8. The molecule has 0 spiro atoms. The Kier molecular flexibility index (Phi) is 6.45. The van der Waals surface area contributed by atoms with Crippen LogP contribution in [0.5, 0.6) is 5.75 Å². The van der Waals surface area contributed by atoms with E-state index in [1.165, 1.54) is 5.56 Å². The zero-order chi connectivity index (χ0) is 17.6. The van der Waals surface area contributed by atoms with Crippen molar-refractivity contribution in [2.75, 3.05) is 27.1 Å². The molecule has 0 radical (unpaired) electrons. The minimum atomic E-state index is -0.473. The Balaban J connectivity index is 1.72. The first kappa shape index (κ1) is 18.5. The van der Waals surface area contributed by atoms with Gasteiger partial charge in [-0.2, -0.15) is 0 Å². The highest BCUT2D eigenvalue weighted by Crippen LogP contribution is 2.41. The fraction of sp³-hybridized carbons (Fsp3) is 0.611. The molecule has 1 N–H and O–H groups in total. The number of alkyl carbamates (subject to hydrolysis) is 1. The lowest BCUT2D eigenvalue weighted by Gasteiger charge is -2.19. The first-order valence-electron chi connectivity index (χ1n) is 8.18. The molecular formula is C18H27NO5. The number of hydrogen-bond acceptors (Lipinski definition) is 5. The standard InChI is InChI=1S/C18H27NO5/c1-18(2,3)24-17(20)19-16-11-15(16)13-5-7-14(8-6-13)23-12-22-10-9-21-4/h5-8,15-16H,9-12H2,1-4H3,(H,19,20)/t15-,16+/m0/s1. The third-order valence-electron chi connectivity index (χ3n) is 3.54. The van der Waals surface area contributed by atoms with E-state index < -0.39 is 5.60 Å². The molecule has 1 aromatic rings. The first-order chi connectivity index (χ1) is 11.4. The predicted molar refractivity (Wildman–Crippen MR) is 90.3 cm³/mol. The summed E-state index contributed by atoms with van der Waals surface area (Å²) in [5.74, 6) is 1.10. The minimum absolute atomic E-state index is 0.143. The van der Waals surface area contributed by atoms with E-state index in [1.807, 2.05) is 45.0 Å². The van der Waals surface area contributed by atoms with Crippen molar-refractivity contribution in [3.8, 4) is 5.75 Å². The van der Waals surface area contributed by atoms with Gasteiger partial charge in [-0.3, -0.25) is 0 Å². The molecule has 134 valence electrons. The number of nitrogens with one attached hydrogen (secondary N) is 1. The average Bonchev–Trinajstić information content (AvgIpc) is 3.24. The number of rotatable bonds is 8. The molecule has 0 saturated heterocycles. The van der Waals surface area contributed by atoms with Crippen LogP contribution in [0.1, 0.15) is 38.7 Å². The molecule has 1 amide bonds. The summed E-state index contributed by atoms with van der Waals surface area (Å²) in [6.07, 6.45) is 0.572. The van der Waals surface area contributed by atoms with E-state index in [2.05, 4.69) is 5.32 Å². The number of benzene rings is 1. The summed E-state index contributed by atoms with van der Waals surface area (Å²) in [5.41, 5.74) is 0.711. The molecule has 2 atom stereocenters. The van der Waals surface area contributed by atoms with Crippen LogP contribution in [0.4, 0.5) is 4.79 Å². The maximum atomic E-state index is 11.8. The lowest BCUT2D eigenvalue weighted by atomic mass is 10.1. The van der Waals surface area contributed by atoms with E-state index in [4.69, 9.17) is 18.9 Å². The summed E-state index contributed by atoms with van der Waals surface area (Å²) in [6.45, 7) is 6.83. The van der Waals surface area contributed by atoms with Gasteiger partial charge in [0.1, 0.15) is 11.4 Å². The van der Waals surface area contributed by atoms with Crippen LogP contribution in [0.2, 0.25) is 0 Å². The molecule has 24 heavy (non-hydrogen) atoms. The Bertz CT molecular complexity index is 523. The van der Waals surface area contributed by atoms with Crippen LogP contribution in [0.3, 0.4) is 0 Å². The summed E-state index contributed by atoms with van der Waals surface area (Å²) in [6, 6.07) is 8.01. The second kappa shape index (κ2) is 8.35. The van der Waals surface area contributed by atoms with Crippen molar-refractivity contribution in [1.82, 2.24) is 5.32 Å². The van der Waals surface area contributed by atoms with Crippen molar-refractivity contribution in [2.45, 2.75) is 44.8 Å². The Morgan fingerprint density at radius 2 is 1.92 bits per heavy atom. The number of ether oxygens (including phenoxy) is 4. The van der Waals surface area contributed by atoms with Gasteiger partial charge in [-0.1, -0.05) is 12.1 Å². The number of carbonyl (C=O) groups excluding carboxylic acids is 1. The van der Waals surface area contributed by atoms with Crippen molar-refractivity contribution < 1.29 is 23.7 Å². The monoisotopic (exact) mass is 337 g/mol. The van der Waals surface area contributed by atoms with E-state index in [1.54, 1.807) is 7.11 Å². The van der Waals surface area contributed by atoms with E-state index in [-0.39, 0.29) is 18.9 Å².